The minimum Gasteiger partial charge on any atom is -0.292 e. The average Bonchev–Trinajstić information content (AvgIpc) is 2.45. The highest BCUT2D eigenvalue weighted by molar-refractivity contribution is 7.98. The monoisotopic (exact) mass is 290 g/mol. The molecule has 1 unspecified atom stereocenters. The third-order valence-corrected chi connectivity index (χ3v) is 4.09. The van der Waals surface area contributed by atoms with E-state index in [1.54, 1.807) is 11.8 Å². The topological polar surface area (TPSA) is 17.1 Å². The Morgan fingerprint density at radius 3 is 2.58 bits per heavy atom. The van der Waals surface area contributed by atoms with E-state index >= 15 is 0 Å². The molecule has 0 radical (unpaired) electrons. The molecular weight excluding hydrogens is 276 g/mol. The number of hydrogen-bond acceptors (Lipinski definition) is 2. The van der Waals surface area contributed by atoms with Gasteiger partial charge in [-0.1, -0.05) is 35.9 Å². The summed E-state index contributed by atoms with van der Waals surface area (Å²) in [5.74, 6) is -0.0522. The lowest BCUT2D eigenvalue weighted by Gasteiger charge is -2.10. The number of benzene rings is 2. The molecule has 2 aromatic rings. The van der Waals surface area contributed by atoms with Gasteiger partial charge in [0.1, 0.15) is 5.38 Å². The summed E-state index contributed by atoms with van der Waals surface area (Å²) in [7, 11) is 0. The summed E-state index contributed by atoms with van der Waals surface area (Å²) in [6, 6.07) is 15.3. The van der Waals surface area contributed by atoms with Crippen LogP contribution in [-0.2, 0) is 0 Å². The number of aryl methyl sites for hydroxylation is 1. The lowest BCUT2D eigenvalue weighted by Crippen LogP contribution is -2.07. The molecule has 0 N–H and O–H groups in total. The summed E-state index contributed by atoms with van der Waals surface area (Å²) in [4.78, 5) is 13.5. The second-order valence-electron chi connectivity index (χ2n) is 4.37. The molecule has 2 rings (SSSR count). The fourth-order valence-corrected chi connectivity index (χ4v) is 2.63. The predicted octanol–water partition coefficient (Wildman–Crippen LogP) is 4.88. The van der Waals surface area contributed by atoms with Crippen LogP contribution >= 0.6 is 23.4 Å². The van der Waals surface area contributed by atoms with Crippen molar-refractivity contribution in [2.75, 3.05) is 6.26 Å². The van der Waals surface area contributed by atoms with Crippen LogP contribution in [-0.4, -0.2) is 12.0 Å². The molecule has 0 amide bonds. The van der Waals surface area contributed by atoms with Crippen molar-refractivity contribution in [3.05, 3.63) is 65.2 Å². The Bertz CT molecular complexity index is 595. The lowest BCUT2D eigenvalue weighted by molar-refractivity contribution is 0.0987. The van der Waals surface area contributed by atoms with Gasteiger partial charge in [-0.05, 0) is 36.9 Å². The number of hydrogen-bond donors (Lipinski definition) is 0. The maximum absolute atomic E-state index is 12.4. The third-order valence-electron chi connectivity index (χ3n) is 2.92. The van der Waals surface area contributed by atoms with Gasteiger partial charge in [-0.15, -0.1) is 23.4 Å². The highest BCUT2D eigenvalue weighted by atomic mass is 35.5. The summed E-state index contributed by atoms with van der Waals surface area (Å²) >= 11 is 7.95. The molecule has 0 aliphatic rings. The maximum atomic E-state index is 12.4. The Balaban J connectivity index is 2.28. The van der Waals surface area contributed by atoms with Crippen molar-refractivity contribution in [1.82, 2.24) is 0 Å². The zero-order chi connectivity index (χ0) is 13.8. The van der Waals surface area contributed by atoms with Crippen LogP contribution in [0.1, 0.15) is 26.9 Å². The van der Waals surface area contributed by atoms with Gasteiger partial charge < -0.3 is 0 Å². The Kier molecular flexibility index (Phi) is 4.67. The van der Waals surface area contributed by atoms with E-state index in [0.717, 1.165) is 16.0 Å². The first-order valence-corrected chi connectivity index (χ1v) is 7.67. The molecule has 0 aliphatic carbocycles. The first-order chi connectivity index (χ1) is 9.11. The molecule has 0 aromatic heterocycles. The number of halogens is 1. The summed E-state index contributed by atoms with van der Waals surface area (Å²) < 4.78 is 0. The summed E-state index contributed by atoms with van der Waals surface area (Å²) in [6.45, 7) is 1.97. The van der Waals surface area contributed by atoms with Crippen molar-refractivity contribution in [2.45, 2.75) is 17.2 Å². The smallest absolute Gasteiger partial charge is 0.185 e. The lowest BCUT2D eigenvalue weighted by atomic mass is 10.0. The van der Waals surface area contributed by atoms with Gasteiger partial charge >= 0.3 is 0 Å². The second kappa shape index (κ2) is 6.27. The summed E-state index contributed by atoms with van der Waals surface area (Å²) in [5, 5.41) is -0.631. The van der Waals surface area contributed by atoms with Gasteiger partial charge in [-0.2, -0.15) is 0 Å². The van der Waals surface area contributed by atoms with E-state index in [1.807, 2.05) is 61.7 Å². The van der Waals surface area contributed by atoms with Gasteiger partial charge in [0.2, 0.25) is 0 Å². The van der Waals surface area contributed by atoms with Crippen LogP contribution in [0.15, 0.2) is 53.4 Å². The Morgan fingerprint density at radius 1 is 1.16 bits per heavy atom. The molecule has 0 bridgehead atoms. The fourth-order valence-electron chi connectivity index (χ4n) is 1.90. The molecule has 98 valence electrons. The van der Waals surface area contributed by atoms with Crippen LogP contribution in [0, 0.1) is 6.92 Å². The van der Waals surface area contributed by atoms with Crippen LogP contribution in [0.2, 0.25) is 0 Å². The second-order valence-corrected chi connectivity index (χ2v) is 5.69. The number of ketones is 1. The number of Topliss-reactive ketones (excluding diaryl/α,β-unsaturated/α-hetero) is 1. The molecule has 0 spiro atoms. The van der Waals surface area contributed by atoms with E-state index < -0.39 is 5.38 Å². The summed E-state index contributed by atoms with van der Waals surface area (Å²) in [6.07, 6.45) is 2.00. The van der Waals surface area contributed by atoms with Crippen molar-refractivity contribution < 1.29 is 4.79 Å². The van der Waals surface area contributed by atoms with Crippen molar-refractivity contribution in [3.8, 4) is 0 Å². The largest absolute Gasteiger partial charge is 0.292 e. The van der Waals surface area contributed by atoms with E-state index in [9.17, 15) is 4.79 Å². The van der Waals surface area contributed by atoms with E-state index in [2.05, 4.69) is 0 Å². The van der Waals surface area contributed by atoms with Crippen LogP contribution in [0.25, 0.3) is 0 Å². The molecule has 0 saturated heterocycles. The Labute approximate surface area is 123 Å². The molecule has 1 nitrogen and oxygen atoms in total. The number of alkyl halides is 1. The Hall–Kier alpha value is -1.25. The van der Waals surface area contributed by atoms with Gasteiger partial charge in [0.05, 0.1) is 0 Å². The number of rotatable bonds is 4. The quantitative estimate of drug-likeness (QED) is 0.453. The molecule has 3 heteroatoms. The van der Waals surface area contributed by atoms with Crippen molar-refractivity contribution in [1.29, 1.82) is 0 Å². The SMILES string of the molecule is CSc1cccc(C(Cl)C(=O)c2cccc(C)c2)c1. The fraction of sp³-hybridized carbons (Fsp3) is 0.188. The number of thioether (sulfide) groups is 1. The minimum atomic E-state index is -0.631. The van der Waals surface area contributed by atoms with Gasteiger partial charge in [-0.3, -0.25) is 4.79 Å². The van der Waals surface area contributed by atoms with Gasteiger partial charge in [0.25, 0.3) is 0 Å². The molecule has 19 heavy (non-hydrogen) atoms. The molecule has 0 aliphatic heterocycles. The van der Waals surface area contributed by atoms with Crippen molar-refractivity contribution in [3.63, 3.8) is 0 Å². The van der Waals surface area contributed by atoms with Crippen molar-refractivity contribution in [2.24, 2.45) is 0 Å². The minimum absolute atomic E-state index is 0.0522. The van der Waals surface area contributed by atoms with E-state index in [1.165, 1.54) is 0 Å². The maximum Gasteiger partial charge on any atom is 0.185 e. The highest BCUT2D eigenvalue weighted by Crippen LogP contribution is 2.28. The van der Waals surface area contributed by atoms with E-state index in [0.29, 0.717) is 5.56 Å². The molecule has 0 saturated carbocycles. The normalized spacial score (nSPS) is 12.2. The number of carbonyl (C=O) groups is 1. The average molecular weight is 291 g/mol. The number of carbonyl (C=O) groups excluding carboxylic acids is 1. The predicted molar refractivity (Wildman–Crippen MR) is 82.3 cm³/mol. The van der Waals surface area contributed by atoms with Crippen LogP contribution in [0.5, 0.6) is 0 Å². The van der Waals surface area contributed by atoms with Crippen LogP contribution in [0.3, 0.4) is 0 Å². The van der Waals surface area contributed by atoms with Crippen LogP contribution in [0.4, 0.5) is 0 Å². The molecule has 0 fully saturated rings. The van der Waals surface area contributed by atoms with Gasteiger partial charge in [0.15, 0.2) is 5.78 Å². The standard InChI is InChI=1S/C16H15ClOS/c1-11-5-3-7-13(9-11)16(18)15(17)12-6-4-8-14(10-12)19-2/h3-10,15H,1-2H3. The summed E-state index contributed by atoms with van der Waals surface area (Å²) in [5.41, 5.74) is 2.57. The molecule has 0 heterocycles. The molecular formula is C16H15ClOS. The third kappa shape index (κ3) is 3.40. The Morgan fingerprint density at radius 2 is 1.89 bits per heavy atom. The van der Waals surface area contributed by atoms with Gasteiger partial charge in [0, 0.05) is 10.5 Å². The first kappa shape index (κ1) is 14.2. The van der Waals surface area contributed by atoms with E-state index in [4.69, 9.17) is 11.6 Å². The molecule has 2 aromatic carbocycles. The van der Waals surface area contributed by atoms with Crippen LogP contribution < -0.4 is 0 Å². The molecule has 1 atom stereocenters. The van der Waals surface area contributed by atoms with Gasteiger partial charge in [-0.25, -0.2) is 0 Å². The highest BCUT2D eigenvalue weighted by Gasteiger charge is 2.19. The zero-order valence-electron chi connectivity index (χ0n) is 10.9. The first-order valence-electron chi connectivity index (χ1n) is 6.00. The zero-order valence-corrected chi connectivity index (χ0v) is 12.5. The van der Waals surface area contributed by atoms with Crippen molar-refractivity contribution >= 4 is 29.1 Å². The van der Waals surface area contributed by atoms with E-state index in [-0.39, 0.29) is 5.78 Å².